The topological polar surface area (TPSA) is 49.4 Å². The summed E-state index contributed by atoms with van der Waals surface area (Å²) < 4.78 is 0. The molecule has 1 fully saturated rings. The highest BCUT2D eigenvalue weighted by Crippen LogP contribution is 2.44. The van der Waals surface area contributed by atoms with Gasteiger partial charge in [-0.25, -0.2) is 0 Å². The molecular weight excluding hydrogens is 276 g/mol. The number of carbonyl (C=O) groups is 2. The largest absolute Gasteiger partial charge is 0.342 e. The van der Waals surface area contributed by atoms with Gasteiger partial charge in [-0.2, -0.15) is 0 Å². The van der Waals surface area contributed by atoms with Crippen molar-refractivity contribution in [2.24, 2.45) is 5.41 Å². The maximum absolute atomic E-state index is 12.5. The van der Waals surface area contributed by atoms with Gasteiger partial charge in [0.15, 0.2) is 0 Å². The summed E-state index contributed by atoms with van der Waals surface area (Å²) in [5.41, 5.74) is 1.35. The number of nitrogens with zero attached hydrogens (tertiary/aromatic N) is 1. The van der Waals surface area contributed by atoms with E-state index in [0.717, 1.165) is 30.5 Å². The molecule has 4 nitrogen and oxygen atoms in total. The van der Waals surface area contributed by atoms with Crippen LogP contribution in [0, 0.1) is 17.8 Å². The zero-order valence-corrected chi connectivity index (χ0v) is 13.2. The van der Waals surface area contributed by atoms with Crippen molar-refractivity contribution in [3.8, 4) is 12.3 Å². The van der Waals surface area contributed by atoms with Gasteiger partial charge in [0.2, 0.25) is 11.8 Å². The van der Waals surface area contributed by atoms with Gasteiger partial charge >= 0.3 is 0 Å². The second-order valence-corrected chi connectivity index (χ2v) is 6.04. The van der Waals surface area contributed by atoms with Gasteiger partial charge in [0.1, 0.15) is 0 Å². The van der Waals surface area contributed by atoms with Crippen LogP contribution in [-0.2, 0) is 16.1 Å². The van der Waals surface area contributed by atoms with E-state index in [1.807, 2.05) is 24.3 Å². The van der Waals surface area contributed by atoms with Gasteiger partial charge in [0.05, 0.1) is 5.41 Å². The number of hydrogen-bond donors (Lipinski definition) is 1. The Bertz CT molecular complexity index is 612. The molecule has 4 heteroatoms. The van der Waals surface area contributed by atoms with Crippen LogP contribution in [0.2, 0.25) is 0 Å². The normalized spacial score (nSPS) is 15.3. The highest BCUT2D eigenvalue weighted by atomic mass is 16.2. The predicted octanol–water partition coefficient (Wildman–Crippen LogP) is 2.80. The highest BCUT2D eigenvalue weighted by molar-refractivity contribution is 5.96. The van der Waals surface area contributed by atoms with Crippen LogP contribution in [-0.4, -0.2) is 23.8 Å². The first kappa shape index (κ1) is 16.1. The Labute approximate surface area is 131 Å². The van der Waals surface area contributed by atoms with Crippen molar-refractivity contribution in [2.45, 2.75) is 39.2 Å². The second-order valence-electron chi connectivity index (χ2n) is 6.04. The highest BCUT2D eigenvalue weighted by Gasteiger charge is 2.43. The molecule has 1 saturated carbocycles. The number of terminal acetylenes is 1. The molecule has 116 valence electrons. The minimum atomic E-state index is -0.388. The van der Waals surface area contributed by atoms with Crippen molar-refractivity contribution < 1.29 is 9.59 Å². The smallest absolute Gasteiger partial charge is 0.231 e. The molecule has 1 N–H and O–H groups in total. The molecule has 0 atom stereocenters. The van der Waals surface area contributed by atoms with E-state index in [4.69, 9.17) is 6.42 Å². The van der Waals surface area contributed by atoms with Gasteiger partial charge in [0, 0.05) is 32.6 Å². The van der Waals surface area contributed by atoms with Crippen LogP contribution in [0.3, 0.4) is 0 Å². The number of benzene rings is 1. The van der Waals surface area contributed by atoms with E-state index < -0.39 is 0 Å². The van der Waals surface area contributed by atoms with E-state index in [-0.39, 0.29) is 17.2 Å². The Kier molecular flexibility index (Phi) is 4.87. The molecule has 1 aromatic carbocycles. The first-order valence-corrected chi connectivity index (χ1v) is 7.52. The monoisotopic (exact) mass is 298 g/mol. The first-order chi connectivity index (χ1) is 10.5. The minimum absolute atomic E-state index is 0.00812. The zero-order valence-electron chi connectivity index (χ0n) is 13.2. The lowest BCUT2D eigenvalue weighted by molar-refractivity contribution is -0.130. The second kappa shape index (κ2) is 6.65. The van der Waals surface area contributed by atoms with Crippen molar-refractivity contribution in [1.29, 1.82) is 0 Å². The van der Waals surface area contributed by atoms with Crippen molar-refractivity contribution in [1.82, 2.24) is 4.90 Å². The molecule has 0 unspecified atom stereocenters. The van der Waals surface area contributed by atoms with E-state index in [9.17, 15) is 9.59 Å². The molecule has 1 aliphatic carbocycles. The van der Waals surface area contributed by atoms with E-state index in [1.165, 1.54) is 6.92 Å². The third-order valence-electron chi connectivity index (χ3n) is 4.37. The fourth-order valence-electron chi connectivity index (χ4n) is 2.68. The van der Waals surface area contributed by atoms with Gasteiger partial charge in [-0.05, 0) is 30.5 Å². The molecule has 2 rings (SSSR count). The quantitative estimate of drug-likeness (QED) is 0.850. The molecule has 1 aliphatic rings. The lowest BCUT2D eigenvalue weighted by Gasteiger charge is -2.38. The lowest BCUT2D eigenvalue weighted by atomic mass is 9.66. The van der Waals surface area contributed by atoms with E-state index in [1.54, 1.807) is 11.9 Å². The van der Waals surface area contributed by atoms with Crippen molar-refractivity contribution >= 4 is 17.5 Å². The van der Waals surface area contributed by atoms with Crippen LogP contribution in [0.1, 0.15) is 38.2 Å². The third kappa shape index (κ3) is 3.48. The molecule has 0 radical (unpaired) electrons. The molecule has 0 bridgehead atoms. The number of anilines is 1. The summed E-state index contributed by atoms with van der Waals surface area (Å²) in [6.07, 6.45) is 8.65. The molecule has 0 aromatic heterocycles. The van der Waals surface area contributed by atoms with Crippen LogP contribution in [0.5, 0.6) is 0 Å². The Morgan fingerprint density at radius 3 is 2.68 bits per heavy atom. The average molecular weight is 298 g/mol. The number of nitrogens with one attached hydrogen (secondary N) is 1. The van der Waals surface area contributed by atoms with Gasteiger partial charge < -0.3 is 10.2 Å². The first-order valence-electron chi connectivity index (χ1n) is 7.52. The van der Waals surface area contributed by atoms with Crippen molar-refractivity contribution in [3.05, 3.63) is 29.8 Å². The Hall–Kier alpha value is -2.28. The maximum atomic E-state index is 12.5. The zero-order chi connectivity index (χ0) is 16.2. The van der Waals surface area contributed by atoms with E-state index >= 15 is 0 Å². The van der Waals surface area contributed by atoms with Crippen molar-refractivity contribution in [2.75, 3.05) is 12.4 Å². The van der Waals surface area contributed by atoms with Gasteiger partial charge in [-0.15, -0.1) is 12.3 Å². The standard InChI is InChI=1S/C18H22N2O2/c1-4-9-18(10-6-11-18)17(22)19-16-8-5-7-15(12-16)13-20(3)14(2)21/h1,5,7-8,12H,6,9-11,13H2,2-3H3,(H,19,22). The molecule has 22 heavy (non-hydrogen) atoms. The van der Waals surface area contributed by atoms with Crippen LogP contribution in [0.15, 0.2) is 24.3 Å². The fourth-order valence-corrected chi connectivity index (χ4v) is 2.68. The summed E-state index contributed by atoms with van der Waals surface area (Å²) in [7, 11) is 1.75. The Morgan fingerprint density at radius 1 is 1.41 bits per heavy atom. The number of amides is 2. The maximum Gasteiger partial charge on any atom is 0.231 e. The van der Waals surface area contributed by atoms with E-state index in [2.05, 4.69) is 11.2 Å². The average Bonchev–Trinajstić information content (AvgIpc) is 2.42. The summed E-state index contributed by atoms with van der Waals surface area (Å²) in [5.74, 6) is 2.64. The van der Waals surface area contributed by atoms with Crippen LogP contribution < -0.4 is 5.32 Å². The fraction of sp³-hybridized carbons (Fsp3) is 0.444. The summed E-state index contributed by atoms with van der Waals surface area (Å²) in [4.78, 5) is 25.4. The summed E-state index contributed by atoms with van der Waals surface area (Å²) in [6, 6.07) is 7.58. The molecule has 0 spiro atoms. The Morgan fingerprint density at radius 2 is 2.14 bits per heavy atom. The summed E-state index contributed by atoms with van der Waals surface area (Å²) in [6.45, 7) is 2.06. The minimum Gasteiger partial charge on any atom is -0.342 e. The van der Waals surface area contributed by atoms with Gasteiger partial charge in [0.25, 0.3) is 0 Å². The molecular formula is C18H22N2O2. The SMILES string of the molecule is C#CCC1(C(=O)Nc2cccc(CN(C)C(C)=O)c2)CCC1. The summed E-state index contributed by atoms with van der Waals surface area (Å²) >= 11 is 0. The number of hydrogen-bond acceptors (Lipinski definition) is 2. The van der Waals surface area contributed by atoms with Gasteiger partial charge in [-0.3, -0.25) is 9.59 Å². The van der Waals surface area contributed by atoms with E-state index in [0.29, 0.717) is 13.0 Å². The van der Waals surface area contributed by atoms with Crippen LogP contribution >= 0.6 is 0 Å². The van der Waals surface area contributed by atoms with Crippen LogP contribution in [0.4, 0.5) is 5.69 Å². The number of rotatable bonds is 5. The van der Waals surface area contributed by atoms with Crippen LogP contribution in [0.25, 0.3) is 0 Å². The molecule has 0 aliphatic heterocycles. The lowest BCUT2D eigenvalue weighted by Crippen LogP contribution is -2.41. The molecule has 2 amide bonds. The predicted molar refractivity (Wildman–Crippen MR) is 87.0 cm³/mol. The molecule has 1 aromatic rings. The number of carbonyl (C=O) groups excluding carboxylic acids is 2. The van der Waals surface area contributed by atoms with Crippen molar-refractivity contribution in [3.63, 3.8) is 0 Å². The molecule has 0 saturated heterocycles. The van der Waals surface area contributed by atoms with Gasteiger partial charge in [-0.1, -0.05) is 18.6 Å². The Balaban J connectivity index is 2.06. The molecule has 0 heterocycles. The third-order valence-corrected chi connectivity index (χ3v) is 4.37. The summed E-state index contributed by atoms with van der Waals surface area (Å²) in [5, 5.41) is 2.97.